The smallest absolute Gasteiger partial charge is 0.387 e. The molecule has 0 amide bonds. The molecule has 0 unspecified atom stereocenters. The van der Waals surface area contributed by atoms with E-state index in [4.69, 9.17) is 9.47 Å². The second-order valence-electron chi connectivity index (χ2n) is 6.75. The number of carbonyl (C=O) groups excluding carboxylic acids is 1. The quantitative estimate of drug-likeness (QED) is 0.378. The molecule has 0 saturated heterocycles. The second kappa shape index (κ2) is 10.2. The molecule has 0 heterocycles. The fraction of sp³-hybridized carbons (Fsp3) is 0.261. The van der Waals surface area contributed by atoms with Crippen molar-refractivity contribution in [1.82, 2.24) is 0 Å². The molecule has 1 saturated carbocycles. The molecule has 2 aromatic carbocycles. The van der Waals surface area contributed by atoms with Gasteiger partial charge >= 0.3 is 13.2 Å². The van der Waals surface area contributed by atoms with Gasteiger partial charge in [-0.25, -0.2) is 0 Å². The Bertz CT molecular complexity index is 965. The van der Waals surface area contributed by atoms with Crippen LogP contribution < -0.4 is 18.9 Å². The number of halogens is 4. The normalized spacial score (nSPS) is 16.3. The van der Waals surface area contributed by atoms with E-state index in [0.717, 1.165) is 0 Å². The number of methoxy groups -OCH3 is 2. The van der Waals surface area contributed by atoms with Gasteiger partial charge in [-0.15, -0.1) is 0 Å². The van der Waals surface area contributed by atoms with Gasteiger partial charge in [-0.05, 0) is 60.4 Å². The number of hydrogen-bond donors (Lipinski definition) is 0. The maximum atomic E-state index is 12.8. The van der Waals surface area contributed by atoms with Crippen LogP contribution in [0.1, 0.15) is 24.0 Å². The number of Topliss-reactive ketones (excluding diaryl/α,β-unsaturated/α-hetero) is 1. The first-order valence-corrected chi connectivity index (χ1v) is 9.52. The van der Waals surface area contributed by atoms with Crippen molar-refractivity contribution < 1.29 is 41.3 Å². The summed E-state index contributed by atoms with van der Waals surface area (Å²) in [5.41, 5.74) is 2.29. The Labute approximate surface area is 181 Å². The molecule has 0 N–H and O–H groups in total. The highest BCUT2D eigenvalue weighted by Crippen LogP contribution is 2.35. The van der Waals surface area contributed by atoms with Crippen LogP contribution in [0, 0.1) is 0 Å². The highest BCUT2D eigenvalue weighted by Gasteiger charge is 2.23. The van der Waals surface area contributed by atoms with Crippen LogP contribution >= 0.6 is 0 Å². The maximum Gasteiger partial charge on any atom is 0.387 e. The lowest BCUT2D eigenvalue weighted by Gasteiger charge is -2.10. The van der Waals surface area contributed by atoms with Gasteiger partial charge in [-0.1, -0.05) is 12.1 Å². The van der Waals surface area contributed by atoms with Crippen LogP contribution in [0.5, 0.6) is 23.0 Å². The molecule has 9 heteroatoms. The van der Waals surface area contributed by atoms with Crippen molar-refractivity contribution in [1.29, 1.82) is 0 Å². The number of benzene rings is 2. The van der Waals surface area contributed by atoms with Crippen LogP contribution in [-0.4, -0.2) is 33.2 Å². The lowest BCUT2D eigenvalue weighted by molar-refractivity contribution is -0.111. The van der Waals surface area contributed by atoms with E-state index in [1.54, 1.807) is 24.3 Å². The number of hydrogen-bond acceptors (Lipinski definition) is 5. The van der Waals surface area contributed by atoms with E-state index in [1.165, 1.54) is 38.5 Å². The molecule has 1 aliphatic carbocycles. The highest BCUT2D eigenvalue weighted by atomic mass is 19.3. The number of allylic oxidation sites excluding steroid dienone is 2. The van der Waals surface area contributed by atoms with E-state index < -0.39 is 13.2 Å². The van der Waals surface area contributed by atoms with E-state index in [1.807, 2.05) is 0 Å². The molecule has 3 rings (SSSR count). The fourth-order valence-corrected chi connectivity index (χ4v) is 3.32. The van der Waals surface area contributed by atoms with Crippen molar-refractivity contribution in [3.8, 4) is 23.0 Å². The zero-order valence-electron chi connectivity index (χ0n) is 17.2. The Morgan fingerprint density at radius 3 is 1.47 bits per heavy atom. The number of rotatable bonds is 8. The summed E-state index contributed by atoms with van der Waals surface area (Å²) in [5, 5.41) is 0. The summed E-state index contributed by atoms with van der Waals surface area (Å²) < 4.78 is 68.9. The predicted molar refractivity (Wildman–Crippen MR) is 109 cm³/mol. The van der Waals surface area contributed by atoms with Crippen molar-refractivity contribution in [2.45, 2.75) is 26.1 Å². The minimum Gasteiger partial charge on any atom is -0.493 e. The summed E-state index contributed by atoms with van der Waals surface area (Å²) in [4.78, 5) is 12.8. The van der Waals surface area contributed by atoms with Crippen LogP contribution in [0.25, 0.3) is 12.2 Å². The van der Waals surface area contributed by atoms with Crippen molar-refractivity contribution in [2.75, 3.05) is 14.2 Å². The minimum absolute atomic E-state index is 0.101. The average Bonchev–Trinajstić information content (AvgIpc) is 3.08. The Morgan fingerprint density at radius 2 is 1.12 bits per heavy atom. The van der Waals surface area contributed by atoms with Gasteiger partial charge < -0.3 is 18.9 Å². The topological polar surface area (TPSA) is 54.0 Å². The first kappa shape index (κ1) is 23.2. The molecule has 2 aromatic rings. The Balaban J connectivity index is 1.81. The number of carbonyl (C=O) groups is 1. The van der Waals surface area contributed by atoms with Gasteiger partial charge in [0.1, 0.15) is 0 Å². The molecule has 0 aliphatic heterocycles. The molecule has 0 aromatic heterocycles. The van der Waals surface area contributed by atoms with Crippen molar-refractivity contribution in [3.05, 3.63) is 58.7 Å². The molecule has 0 radical (unpaired) electrons. The first-order valence-electron chi connectivity index (χ1n) is 9.52. The monoisotopic (exact) mass is 452 g/mol. The zero-order valence-corrected chi connectivity index (χ0v) is 17.2. The number of ketones is 1. The predicted octanol–water partition coefficient (Wildman–Crippen LogP) is 5.74. The van der Waals surface area contributed by atoms with E-state index in [-0.39, 0.29) is 28.8 Å². The molecule has 170 valence electrons. The van der Waals surface area contributed by atoms with Gasteiger partial charge in [0.05, 0.1) is 14.2 Å². The lowest BCUT2D eigenvalue weighted by Crippen LogP contribution is -2.03. The van der Waals surface area contributed by atoms with Crippen LogP contribution in [0.2, 0.25) is 0 Å². The summed E-state index contributed by atoms with van der Waals surface area (Å²) in [6, 6.07) is 8.81. The first-order chi connectivity index (χ1) is 15.3. The van der Waals surface area contributed by atoms with Gasteiger partial charge in [0, 0.05) is 11.1 Å². The molecule has 0 bridgehead atoms. The summed E-state index contributed by atoms with van der Waals surface area (Å²) >= 11 is 0. The molecule has 1 aliphatic rings. The SMILES string of the molecule is COc1cc(C=C2CCC(=Cc3ccc(OC(F)F)c(OC)c3)C2=O)ccc1OC(F)F. The van der Waals surface area contributed by atoms with Crippen molar-refractivity contribution in [2.24, 2.45) is 0 Å². The second-order valence-corrected chi connectivity index (χ2v) is 6.75. The van der Waals surface area contributed by atoms with Gasteiger partial charge in [-0.2, -0.15) is 17.6 Å². The summed E-state index contributed by atoms with van der Waals surface area (Å²) in [6.45, 7) is -5.96. The highest BCUT2D eigenvalue weighted by molar-refractivity contribution is 6.15. The van der Waals surface area contributed by atoms with Crippen molar-refractivity contribution >= 4 is 17.9 Å². The number of ether oxygens (including phenoxy) is 4. The van der Waals surface area contributed by atoms with Gasteiger partial charge in [0.25, 0.3) is 0 Å². The summed E-state index contributed by atoms with van der Waals surface area (Å²) in [5.74, 6) is -0.116. The van der Waals surface area contributed by atoms with Crippen LogP contribution in [-0.2, 0) is 4.79 Å². The maximum absolute atomic E-state index is 12.8. The fourth-order valence-electron chi connectivity index (χ4n) is 3.32. The third kappa shape index (κ3) is 5.60. The summed E-state index contributed by atoms with van der Waals surface area (Å²) in [7, 11) is 2.66. The Kier molecular flexibility index (Phi) is 7.40. The largest absolute Gasteiger partial charge is 0.493 e. The van der Waals surface area contributed by atoms with E-state index in [9.17, 15) is 22.4 Å². The third-order valence-electron chi connectivity index (χ3n) is 4.74. The molecule has 1 fully saturated rings. The molecular weight excluding hydrogens is 432 g/mol. The minimum atomic E-state index is -2.98. The Hall–Kier alpha value is -3.49. The van der Waals surface area contributed by atoms with E-state index in [0.29, 0.717) is 35.1 Å². The molecule has 32 heavy (non-hydrogen) atoms. The average molecular weight is 452 g/mol. The standard InChI is InChI=1S/C23H20F4O5/c1-29-19-11-13(3-7-17(19)31-22(24)25)9-15-5-6-16(21(15)28)10-14-4-8-18(32-23(26)27)20(12-14)30-2/h3-4,7-12,22-23H,5-6H2,1-2H3. The van der Waals surface area contributed by atoms with Gasteiger partial charge in [0.15, 0.2) is 28.8 Å². The van der Waals surface area contributed by atoms with Crippen molar-refractivity contribution in [3.63, 3.8) is 0 Å². The Morgan fingerprint density at radius 1 is 0.719 bits per heavy atom. The molecule has 0 atom stereocenters. The van der Waals surface area contributed by atoms with Crippen LogP contribution in [0.15, 0.2) is 47.5 Å². The lowest BCUT2D eigenvalue weighted by atomic mass is 10.1. The van der Waals surface area contributed by atoms with Crippen LogP contribution in [0.4, 0.5) is 17.6 Å². The molecule has 0 spiro atoms. The van der Waals surface area contributed by atoms with Crippen LogP contribution in [0.3, 0.4) is 0 Å². The van der Waals surface area contributed by atoms with Gasteiger partial charge in [-0.3, -0.25) is 4.79 Å². The van der Waals surface area contributed by atoms with Gasteiger partial charge in [0.2, 0.25) is 0 Å². The van der Waals surface area contributed by atoms with E-state index in [2.05, 4.69) is 9.47 Å². The third-order valence-corrected chi connectivity index (χ3v) is 4.74. The number of alkyl halides is 4. The summed E-state index contributed by atoms with van der Waals surface area (Å²) in [6.07, 6.45) is 4.31. The molecular formula is C23H20F4O5. The molecule has 5 nitrogen and oxygen atoms in total. The zero-order chi connectivity index (χ0) is 23.3. The van der Waals surface area contributed by atoms with E-state index >= 15 is 0 Å².